The SMILES string of the molecule is C=C(C)CSc1nc2sc3c(c2c(=O)n1C1CCCCC1)CCCC3. The van der Waals surface area contributed by atoms with E-state index in [1.807, 2.05) is 6.92 Å². The lowest BCUT2D eigenvalue weighted by molar-refractivity contribution is 0.326. The largest absolute Gasteiger partial charge is 0.284 e. The molecule has 4 rings (SSSR count). The number of fused-ring (bicyclic) bond motifs is 3. The van der Waals surface area contributed by atoms with Gasteiger partial charge in [0, 0.05) is 16.7 Å². The summed E-state index contributed by atoms with van der Waals surface area (Å²) in [5.74, 6) is 0.829. The zero-order chi connectivity index (χ0) is 17.4. The molecule has 0 radical (unpaired) electrons. The second-order valence-electron chi connectivity index (χ2n) is 7.50. The van der Waals surface area contributed by atoms with Gasteiger partial charge in [-0.15, -0.1) is 11.3 Å². The van der Waals surface area contributed by atoms with Gasteiger partial charge in [0.15, 0.2) is 5.16 Å². The van der Waals surface area contributed by atoms with Crippen molar-refractivity contribution in [1.29, 1.82) is 0 Å². The second-order valence-corrected chi connectivity index (χ2v) is 9.52. The lowest BCUT2D eigenvalue weighted by Crippen LogP contribution is -2.29. The summed E-state index contributed by atoms with van der Waals surface area (Å²) < 4.78 is 2.05. The summed E-state index contributed by atoms with van der Waals surface area (Å²) in [4.78, 5) is 20.9. The highest BCUT2D eigenvalue weighted by Crippen LogP contribution is 2.37. The first-order valence-corrected chi connectivity index (χ1v) is 11.3. The molecule has 1 fully saturated rings. The molecule has 2 aliphatic carbocycles. The first kappa shape index (κ1) is 17.3. The number of aryl methyl sites for hydroxylation is 2. The van der Waals surface area contributed by atoms with Crippen LogP contribution in [0.2, 0.25) is 0 Å². The first-order valence-electron chi connectivity index (χ1n) is 9.49. The van der Waals surface area contributed by atoms with Crippen LogP contribution < -0.4 is 5.56 Å². The van der Waals surface area contributed by atoms with Crippen molar-refractivity contribution in [2.45, 2.75) is 75.9 Å². The quantitative estimate of drug-likeness (QED) is 0.402. The summed E-state index contributed by atoms with van der Waals surface area (Å²) in [5.41, 5.74) is 2.66. The number of hydrogen-bond donors (Lipinski definition) is 0. The van der Waals surface area contributed by atoms with Gasteiger partial charge >= 0.3 is 0 Å². The van der Waals surface area contributed by atoms with E-state index in [0.717, 1.165) is 52.4 Å². The molecule has 1 saturated carbocycles. The van der Waals surface area contributed by atoms with Crippen LogP contribution in [0.1, 0.15) is 68.4 Å². The minimum absolute atomic E-state index is 0.223. The molecule has 0 aliphatic heterocycles. The van der Waals surface area contributed by atoms with Crippen molar-refractivity contribution in [3.63, 3.8) is 0 Å². The fraction of sp³-hybridized carbons (Fsp3) is 0.600. The summed E-state index contributed by atoms with van der Waals surface area (Å²) >= 11 is 3.44. The fourth-order valence-corrected chi connectivity index (χ4v) is 6.36. The van der Waals surface area contributed by atoms with E-state index < -0.39 is 0 Å². The van der Waals surface area contributed by atoms with Gasteiger partial charge in [0.05, 0.1) is 5.39 Å². The molecular formula is C20H26N2OS2. The van der Waals surface area contributed by atoms with Gasteiger partial charge in [-0.05, 0) is 51.0 Å². The molecular weight excluding hydrogens is 348 g/mol. The van der Waals surface area contributed by atoms with E-state index in [1.165, 1.54) is 42.5 Å². The maximum absolute atomic E-state index is 13.5. The summed E-state index contributed by atoms with van der Waals surface area (Å²) in [6, 6.07) is 0.324. The number of hydrogen-bond acceptors (Lipinski definition) is 4. The maximum atomic E-state index is 13.5. The van der Waals surface area contributed by atoms with Crippen LogP contribution in [0.3, 0.4) is 0 Å². The Labute approximate surface area is 157 Å². The zero-order valence-electron chi connectivity index (χ0n) is 15.0. The molecule has 0 atom stereocenters. The number of rotatable bonds is 4. The van der Waals surface area contributed by atoms with Crippen molar-refractivity contribution >= 4 is 33.3 Å². The van der Waals surface area contributed by atoms with Crippen LogP contribution in [-0.2, 0) is 12.8 Å². The van der Waals surface area contributed by atoms with Gasteiger partial charge in [-0.25, -0.2) is 4.98 Å². The van der Waals surface area contributed by atoms with Crippen LogP contribution in [-0.4, -0.2) is 15.3 Å². The maximum Gasteiger partial charge on any atom is 0.263 e. The van der Waals surface area contributed by atoms with Crippen LogP contribution in [0.5, 0.6) is 0 Å². The highest BCUT2D eigenvalue weighted by molar-refractivity contribution is 7.99. The molecule has 0 aromatic carbocycles. The molecule has 0 unspecified atom stereocenters. The normalized spacial score (nSPS) is 18.4. The minimum Gasteiger partial charge on any atom is -0.284 e. The van der Waals surface area contributed by atoms with Crippen LogP contribution >= 0.6 is 23.1 Å². The molecule has 0 N–H and O–H groups in total. The number of thiophene rings is 1. The van der Waals surface area contributed by atoms with E-state index in [4.69, 9.17) is 4.98 Å². The summed E-state index contributed by atoms with van der Waals surface area (Å²) in [6.07, 6.45) is 10.6. The average Bonchev–Trinajstić information content (AvgIpc) is 2.99. The van der Waals surface area contributed by atoms with E-state index in [0.29, 0.717) is 6.04 Å². The zero-order valence-corrected chi connectivity index (χ0v) is 16.6. The lowest BCUT2D eigenvalue weighted by atomic mass is 9.94. The van der Waals surface area contributed by atoms with Crippen molar-refractivity contribution in [2.24, 2.45) is 0 Å². The summed E-state index contributed by atoms with van der Waals surface area (Å²) in [6.45, 7) is 6.06. The van der Waals surface area contributed by atoms with Gasteiger partial charge in [-0.1, -0.05) is 43.2 Å². The van der Waals surface area contributed by atoms with E-state index in [9.17, 15) is 4.79 Å². The molecule has 2 aromatic rings. The third kappa shape index (κ3) is 3.33. The van der Waals surface area contributed by atoms with Gasteiger partial charge in [-0.3, -0.25) is 9.36 Å². The van der Waals surface area contributed by atoms with Crippen molar-refractivity contribution in [3.05, 3.63) is 32.9 Å². The monoisotopic (exact) mass is 374 g/mol. The van der Waals surface area contributed by atoms with E-state index in [1.54, 1.807) is 23.1 Å². The third-order valence-electron chi connectivity index (χ3n) is 5.38. The van der Waals surface area contributed by atoms with Gasteiger partial charge in [0.1, 0.15) is 4.83 Å². The Bertz CT molecular complexity index is 859. The molecule has 134 valence electrons. The van der Waals surface area contributed by atoms with Crippen molar-refractivity contribution in [3.8, 4) is 0 Å². The van der Waals surface area contributed by atoms with Gasteiger partial charge < -0.3 is 0 Å². The topological polar surface area (TPSA) is 34.9 Å². The molecule has 2 aromatic heterocycles. The molecule has 3 nitrogen and oxygen atoms in total. The van der Waals surface area contributed by atoms with Gasteiger partial charge in [-0.2, -0.15) is 0 Å². The molecule has 0 spiro atoms. The van der Waals surface area contributed by atoms with Crippen molar-refractivity contribution in [2.75, 3.05) is 5.75 Å². The first-order chi connectivity index (χ1) is 12.1. The Morgan fingerprint density at radius 2 is 2.00 bits per heavy atom. The molecule has 0 bridgehead atoms. The number of nitrogens with zero attached hydrogens (tertiary/aromatic N) is 2. The molecule has 0 amide bonds. The fourth-order valence-electron chi connectivity index (χ4n) is 4.15. The molecule has 0 saturated heterocycles. The molecule has 2 aliphatic rings. The smallest absolute Gasteiger partial charge is 0.263 e. The van der Waals surface area contributed by atoms with Gasteiger partial charge in [0.25, 0.3) is 5.56 Å². The lowest BCUT2D eigenvalue weighted by Gasteiger charge is -2.26. The third-order valence-corrected chi connectivity index (χ3v) is 7.75. The molecule has 5 heteroatoms. The molecule has 2 heterocycles. The minimum atomic E-state index is 0.223. The van der Waals surface area contributed by atoms with Crippen LogP contribution in [0, 0.1) is 0 Å². The second kappa shape index (κ2) is 7.28. The van der Waals surface area contributed by atoms with E-state index in [-0.39, 0.29) is 5.56 Å². The number of thioether (sulfide) groups is 1. The van der Waals surface area contributed by atoms with Gasteiger partial charge in [0.2, 0.25) is 0 Å². The average molecular weight is 375 g/mol. The Hall–Kier alpha value is -1.07. The Morgan fingerprint density at radius 1 is 1.24 bits per heavy atom. The Kier molecular flexibility index (Phi) is 5.05. The highest BCUT2D eigenvalue weighted by atomic mass is 32.2. The summed E-state index contributed by atoms with van der Waals surface area (Å²) in [5, 5.41) is 1.84. The predicted octanol–water partition coefficient (Wildman–Crippen LogP) is 5.51. The van der Waals surface area contributed by atoms with E-state index in [2.05, 4.69) is 11.1 Å². The Morgan fingerprint density at radius 3 is 2.76 bits per heavy atom. The standard InChI is InChI=1S/C20H26N2OS2/c1-13(2)12-24-20-21-18-17(15-10-6-7-11-16(15)25-18)19(23)22(20)14-8-4-3-5-9-14/h14H,1,3-12H2,2H3. The highest BCUT2D eigenvalue weighted by Gasteiger charge is 2.26. The summed E-state index contributed by atoms with van der Waals surface area (Å²) in [7, 11) is 0. The number of aromatic nitrogens is 2. The Balaban J connectivity index is 1.88. The van der Waals surface area contributed by atoms with E-state index >= 15 is 0 Å². The van der Waals surface area contributed by atoms with Crippen molar-refractivity contribution in [1.82, 2.24) is 9.55 Å². The van der Waals surface area contributed by atoms with Crippen LogP contribution in [0.15, 0.2) is 22.1 Å². The van der Waals surface area contributed by atoms with Crippen LogP contribution in [0.4, 0.5) is 0 Å². The molecule has 25 heavy (non-hydrogen) atoms. The van der Waals surface area contributed by atoms with Crippen molar-refractivity contribution < 1.29 is 0 Å². The predicted molar refractivity (Wildman–Crippen MR) is 108 cm³/mol. The van der Waals surface area contributed by atoms with Crippen LogP contribution in [0.25, 0.3) is 10.2 Å².